The molecule has 0 N–H and O–H groups in total. The Kier molecular flexibility index (Phi) is 3.26. The van der Waals surface area contributed by atoms with Crippen molar-refractivity contribution in [1.29, 1.82) is 0 Å². The van der Waals surface area contributed by atoms with Crippen molar-refractivity contribution in [2.24, 2.45) is 0 Å². The summed E-state index contributed by atoms with van der Waals surface area (Å²) in [7, 11) is 0.635. The Bertz CT molecular complexity index is 99.8. The normalized spacial score (nSPS) is 35.4. The highest BCUT2D eigenvalue weighted by Gasteiger charge is 2.29. The molecule has 1 unspecified atom stereocenters. The zero-order valence-electron chi connectivity index (χ0n) is 6.85. The molecule has 1 aliphatic heterocycles. The standard InChI is InChI=1S/C7H16OSSi/c1-8-10(2)7-5-3-4-6-9-10/h3-7H2,1-2H3. The van der Waals surface area contributed by atoms with Crippen molar-refractivity contribution in [3.63, 3.8) is 0 Å². The maximum atomic E-state index is 5.56. The number of hydrogen-bond donors (Lipinski definition) is 0. The van der Waals surface area contributed by atoms with Gasteiger partial charge in [0.25, 0.3) is 7.47 Å². The van der Waals surface area contributed by atoms with Gasteiger partial charge < -0.3 is 4.43 Å². The molecule has 1 atom stereocenters. The second kappa shape index (κ2) is 3.79. The van der Waals surface area contributed by atoms with Crippen molar-refractivity contribution in [3.05, 3.63) is 0 Å². The minimum absolute atomic E-state index is 1.24. The molecule has 0 aliphatic carbocycles. The summed E-state index contributed by atoms with van der Waals surface area (Å²) in [6.45, 7) is 2.34. The molecule has 0 aromatic carbocycles. The Morgan fingerprint density at radius 3 is 2.80 bits per heavy atom. The molecule has 10 heavy (non-hydrogen) atoms. The van der Waals surface area contributed by atoms with E-state index in [2.05, 4.69) is 17.8 Å². The minimum Gasteiger partial charge on any atom is -0.410 e. The molecule has 0 bridgehead atoms. The Labute approximate surface area is 68.3 Å². The van der Waals surface area contributed by atoms with Crippen molar-refractivity contribution in [2.75, 3.05) is 12.9 Å². The van der Waals surface area contributed by atoms with Gasteiger partial charge >= 0.3 is 0 Å². The van der Waals surface area contributed by atoms with Crippen molar-refractivity contribution >= 4 is 18.7 Å². The van der Waals surface area contributed by atoms with Gasteiger partial charge in [-0.15, -0.1) is 0 Å². The molecule has 1 heterocycles. The van der Waals surface area contributed by atoms with E-state index >= 15 is 0 Å². The third kappa shape index (κ3) is 2.29. The van der Waals surface area contributed by atoms with Gasteiger partial charge in [-0.1, -0.05) is 12.8 Å². The summed E-state index contributed by atoms with van der Waals surface area (Å²) in [5.74, 6) is 1.33. The van der Waals surface area contributed by atoms with Gasteiger partial charge in [0, 0.05) is 7.11 Å². The van der Waals surface area contributed by atoms with Gasteiger partial charge in [-0.25, -0.2) is 0 Å². The van der Waals surface area contributed by atoms with Crippen LogP contribution in [0.1, 0.15) is 19.3 Å². The maximum Gasteiger partial charge on any atom is 0.250 e. The van der Waals surface area contributed by atoms with Crippen molar-refractivity contribution in [1.82, 2.24) is 0 Å². The molecule has 1 saturated heterocycles. The number of rotatable bonds is 1. The van der Waals surface area contributed by atoms with Crippen LogP contribution in [0.15, 0.2) is 0 Å². The van der Waals surface area contributed by atoms with Crippen LogP contribution in [0.2, 0.25) is 12.6 Å². The fraction of sp³-hybridized carbons (Fsp3) is 1.00. The van der Waals surface area contributed by atoms with Gasteiger partial charge in [0.2, 0.25) is 0 Å². The van der Waals surface area contributed by atoms with E-state index < -0.39 is 7.47 Å². The van der Waals surface area contributed by atoms with Gasteiger partial charge in [-0.05, 0) is 24.8 Å². The monoisotopic (exact) mass is 176 g/mol. The smallest absolute Gasteiger partial charge is 0.250 e. The van der Waals surface area contributed by atoms with Crippen LogP contribution < -0.4 is 0 Å². The molecule has 1 aliphatic rings. The van der Waals surface area contributed by atoms with Gasteiger partial charge in [-0.2, -0.15) is 11.2 Å². The minimum atomic E-state index is -1.24. The zero-order chi connectivity index (χ0) is 7.45. The lowest BCUT2D eigenvalue weighted by Gasteiger charge is -2.21. The van der Waals surface area contributed by atoms with E-state index in [9.17, 15) is 0 Å². The number of hydrogen-bond acceptors (Lipinski definition) is 2. The van der Waals surface area contributed by atoms with Gasteiger partial charge in [0.05, 0.1) is 0 Å². The average molecular weight is 176 g/mol. The first kappa shape index (κ1) is 8.62. The molecular formula is C7H16OSSi. The summed E-state index contributed by atoms with van der Waals surface area (Å²) >= 11 is 2.10. The molecule has 1 rings (SSSR count). The summed E-state index contributed by atoms with van der Waals surface area (Å²) < 4.78 is 5.56. The maximum absolute atomic E-state index is 5.56. The summed E-state index contributed by atoms with van der Waals surface area (Å²) in [4.78, 5) is 0. The molecule has 1 nitrogen and oxygen atoms in total. The molecule has 3 heteroatoms. The van der Waals surface area contributed by atoms with Crippen LogP contribution in [0.25, 0.3) is 0 Å². The molecular weight excluding hydrogens is 160 g/mol. The summed E-state index contributed by atoms with van der Waals surface area (Å²) in [5.41, 5.74) is 0. The van der Waals surface area contributed by atoms with E-state index in [1.54, 1.807) is 0 Å². The van der Waals surface area contributed by atoms with E-state index in [-0.39, 0.29) is 0 Å². The van der Waals surface area contributed by atoms with E-state index in [0.717, 1.165) is 0 Å². The SMILES string of the molecule is CO[Si]1(C)CCCCCS1. The van der Waals surface area contributed by atoms with Crippen LogP contribution in [-0.4, -0.2) is 20.3 Å². The Morgan fingerprint density at radius 1 is 1.30 bits per heavy atom. The second-order valence-electron chi connectivity index (χ2n) is 3.00. The molecule has 0 amide bonds. The molecule has 1 fully saturated rings. The molecule has 0 saturated carbocycles. The van der Waals surface area contributed by atoms with Crippen molar-refractivity contribution in [3.8, 4) is 0 Å². The lowest BCUT2D eigenvalue weighted by molar-refractivity contribution is 0.416. The lowest BCUT2D eigenvalue weighted by atomic mass is 10.3. The molecule has 0 aromatic heterocycles. The highest BCUT2D eigenvalue weighted by Crippen LogP contribution is 2.31. The van der Waals surface area contributed by atoms with Crippen molar-refractivity contribution in [2.45, 2.75) is 31.9 Å². The second-order valence-corrected chi connectivity index (χ2v) is 10.3. The van der Waals surface area contributed by atoms with Crippen LogP contribution in [0.3, 0.4) is 0 Å². The van der Waals surface area contributed by atoms with Crippen LogP contribution in [0.4, 0.5) is 0 Å². The van der Waals surface area contributed by atoms with E-state index in [1.807, 2.05) is 7.11 Å². The first-order valence-electron chi connectivity index (χ1n) is 3.96. The molecule has 0 aromatic rings. The first-order valence-corrected chi connectivity index (χ1v) is 8.28. The topological polar surface area (TPSA) is 9.23 Å². The quantitative estimate of drug-likeness (QED) is 0.568. The largest absolute Gasteiger partial charge is 0.410 e. The molecule has 60 valence electrons. The highest BCUT2D eigenvalue weighted by atomic mass is 32.4. The van der Waals surface area contributed by atoms with Crippen LogP contribution >= 0.6 is 11.2 Å². The molecule has 0 spiro atoms. The van der Waals surface area contributed by atoms with Crippen molar-refractivity contribution < 1.29 is 4.43 Å². The fourth-order valence-corrected chi connectivity index (χ4v) is 6.33. The highest BCUT2D eigenvalue weighted by molar-refractivity contribution is 8.28. The Balaban J connectivity index is 2.41. The summed E-state index contributed by atoms with van der Waals surface area (Å²) in [5, 5.41) is 0. The van der Waals surface area contributed by atoms with Crippen LogP contribution in [-0.2, 0) is 4.43 Å². The summed E-state index contributed by atoms with van der Waals surface area (Å²) in [6.07, 6.45) is 4.21. The Morgan fingerprint density at radius 2 is 2.10 bits per heavy atom. The first-order chi connectivity index (χ1) is 4.77. The third-order valence-corrected chi connectivity index (χ3v) is 8.90. The van der Waals surface area contributed by atoms with Gasteiger partial charge in [-0.3, -0.25) is 0 Å². The zero-order valence-corrected chi connectivity index (χ0v) is 8.67. The lowest BCUT2D eigenvalue weighted by Crippen LogP contribution is -2.28. The summed E-state index contributed by atoms with van der Waals surface area (Å²) in [6, 6.07) is 1.36. The van der Waals surface area contributed by atoms with E-state index in [4.69, 9.17) is 4.43 Å². The third-order valence-electron chi connectivity index (χ3n) is 2.11. The van der Waals surface area contributed by atoms with E-state index in [1.165, 1.54) is 31.1 Å². The predicted octanol–water partition coefficient (Wildman–Crippen LogP) is 2.62. The fourth-order valence-electron chi connectivity index (χ4n) is 1.25. The van der Waals surface area contributed by atoms with Gasteiger partial charge in [0.1, 0.15) is 0 Å². The molecule has 0 radical (unpaired) electrons. The average Bonchev–Trinajstić information content (AvgIpc) is 2.15. The van der Waals surface area contributed by atoms with Gasteiger partial charge in [0.15, 0.2) is 0 Å². The van der Waals surface area contributed by atoms with E-state index in [0.29, 0.717) is 0 Å². The predicted molar refractivity (Wildman–Crippen MR) is 49.7 cm³/mol. The van der Waals surface area contributed by atoms with Crippen LogP contribution in [0.5, 0.6) is 0 Å². The Hall–Kier alpha value is 0.527. The van der Waals surface area contributed by atoms with Crippen LogP contribution in [0, 0.1) is 0 Å².